The lowest BCUT2D eigenvalue weighted by atomic mass is 10.0. The minimum atomic E-state index is -1.04. The lowest BCUT2D eigenvalue weighted by Gasteiger charge is -2.38. The molecule has 0 radical (unpaired) electrons. The Morgan fingerprint density at radius 3 is 2.51 bits per heavy atom. The van der Waals surface area contributed by atoms with Crippen LogP contribution in [0.25, 0.3) is 10.9 Å². The molecule has 0 bridgehead atoms. The quantitative estimate of drug-likeness (QED) is 0.367. The summed E-state index contributed by atoms with van der Waals surface area (Å²) in [7, 11) is 1.63. The van der Waals surface area contributed by atoms with E-state index in [2.05, 4.69) is 15.2 Å². The maximum Gasteiger partial charge on any atom is 0.325 e. The van der Waals surface area contributed by atoms with Gasteiger partial charge in [0.2, 0.25) is 5.91 Å². The van der Waals surface area contributed by atoms with Crippen LogP contribution in [-0.4, -0.2) is 71.2 Å². The highest BCUT2D eigenvalue weighted by molar-refractivity contribution is 5.96. The zero-order valence-corrected chi connectivity index (χ0v) is 19.4. The Hall–Kier alpha value is -4.05. The van der Waals surface area contributed by atoms with E-state index < -0.39 is 23.9 Å². The number of nitrogens with zero attached hydrogens (tertiary/aromatic N) is 2. The fraction of sp³-hybridized carbons (Fsp3) is 0.320. The van der Waals surface area contributed by atoms with Gasteiger partial charge in [-0.2, -0.15) is 0 Å². The van der Waals surface area contributed by atoms with Crippen LogP contribution in [0.15, 0.2) is 48.7 Å². The molecule has 1 unspecified atom stereocenters. The van der Waals surface area contributed by atoms with Crippen molar-refractivity contribution < 1.29 is 29.3 Å². The van der Waals surface area contributed by atoms with Crippen molar-refractivity contribution in [1.82, 2.24) is 9.88 Å². The number of amides is 1. The van der Waals surface area contributed by atoms with Gasteiger partial charge in [-0.15, -0.1) is 0 Å². The first-order valence-corrected chi connectivity index (χ1v) is 11.3. The monoisotopic (exact) mass is 480 g/mol. The Kier molecular flexibility index (Phi) is 7.21. The summed E-state index contributed by atoms with van der Waals surface area (Å²) in [6.07, 6.45) is 1.31. The molecule has 2 heterocycles. The summed E-state index contributed by atoms with van der Waals surface area (Å²) in [5.74, 6) is -1.62. The summed E-state index contributed by atoms with van der Waals surface area (Å²) < 4.78 is 5.31. The average molecular weight is 481 g/mol. The van der Waals surface area contributed by atoms with Crippen molar-refractivity contribution in [3.05, 3.63) is 54.2 Å². The normalized spacial score (nSPS) is 15.1. The minimum absolute atomic E-state index is 0.136. The number of benzene rings is 2. The summed E-state index contributed by atoms with van der Waals surface area (Å²) in [6, 6.07) is 12.1. The molecule has 1 amide bonds. The molecule has 10 heteroatoms. The zero-order chi connectivity index (χ0) is 24.9. The number of carboxylic acids is 2. The number of hydrogen-bond acceptors (Lipinski definition) is 6. The van der Waals surface area contributed by atoms with E-state index >= 15 is 0 Å². The fourth-order valence-corrected chi connectivity index (χ4v) is 4.42. The summed E-state index contributed by atoms with van der Waals surface area (Å²) in [6.45, 7) is 2.47. The van der Waals surface area contributed by atoms with Crippen LogP contribution in [0.1, 0.15) is 24.4 Å². The standard InChI is InChI=1S/C25H28N4O6/c1-35-18-4-2-3-17(14-18)28-9-11-29(12-10-28)24(25(33)34)20-15-26-21-6-5-16(13-19(20)21)27-22(30)7-8-23(31)32/h2-6,13-15,24,26H,7-12H2,1H3,(H,27,30)(H,31,32)(H,33,34). The van der Waals surface area contributed by atoms with Gasteiger partial charge in [0.15, 0.2) is 0 Å². The second-order valence-electron chi connectivity index (χ2n) is 8.41. The number of nitrogens with one attached hydrogen (secondary N) is 2. The smallest absolute Gasteiger partial charge is 0.325 e. The van der Waals surface area contributed by atoms with Crippen molar-refractivity contribution in [2.24, 2.45) is 0 Å². The van der Waals surface area contributed by atoms with Gasteiger partial charge in [-0.25, -0.2) is 0 Å². The third kappa shape index (κ3) is 5.55. The number of carbonyl (C=O) groups is 3. The Bertz CT molecular complexity index is 1230. The number of hydrogen-bond donors (Lipinski definition) is 4. The number of carbonyl (C=O) groups excluding carboxylic acids is 1. The first kappa shape index (κ1) is 24.1. The van der Waals surface area contributed by atoms with Crippen LogP contribution in [0.5, 0.6) is 5.75 Å². The van der Waals surface area contributed by atoms with Crippen molar-refractivity contribution in [2.45, 2.75) is 18.9 Å². The predicted molar refractivity (Wildman–Crippen MR) is 131 cm³/mol. The highest BCUT2D eigenvalue weighted by atomic mass is 16.5. The van der Waals surface area contributed by atoms with E-state index in [1.54, 1.807) is 31.5 Å². The number of aliphatic carboxylic acids is 2. The number of rotatable bonds is 9. The molecule has 1 aromatic heterocycles. The molecule has 2 aromatic carbocycles. The largest absolute Gasteiger partial charge is 0.497 e. The van der Waals surface area contributed by atoms with Crippen LogP contribution < -0.4 is 15.0 Å². The molecule has 4 rings (SSSR count). The van der Waals surface area contributed by atoms with E-state index in [1.165, 1.54) is 0 Å². The number of aromatic nitrogens is 1. The minimum Gasteiger partial charge on any atom is -0.497 e. The number of methoxy groups -OCH3 is 1. The van der Waals surface area contributed by atoms with Crippen LogP contribution in [0.4, 0.5) is 11.4 Å². The molecule has 1 atom stereocenters. The Morgan fingerprint density at radius 1 is 1.06 bits per heavy atom. The van der Waals surface area contributed by atoms with Crippen LogP contribution in [0, 0.1) is 0 Å². The second-order valence-corrected chi connectivity index (χ2v) is 8.41. The lowest BCUT2D eigenvalue weighted by Crippen LogP contribution is -2.49. The summed E-state index contributed by atoms with van der Waals surface area (Å²) in [5.41, 5.74) is 2.89. The molecule has 1 aliphatic rings. The number of fused-ring (bicyclic) bond motifs is 1. The molecule has 1 saturated heterocycles. The second kappa shape index (κ2) is 10.5. The Morgan fingerprint density at radius 2 is 1.83 bits per heavy atom. The van der Waals surface area contributed by atoms with E-state index in [9.17, 15) is 19.5 Å². The van der Waals surface area contributed by atoms with E-state index in [0.29, 0.717) is 42.8 Å². The maximum atomic E-state index is 12.4. The molecule has 0 saturated carbocycles. The lowest BCUT2D eigenvalue weighted by molar-refractivity contribution is -0.143. The number of anilines is 2. The molecule has 35 heavy (non-hydrogen) atoms. The Labute approximate surface area is 202 Å². The van der Waals surface area contributed by atoms with E-state index in [-0.39, 0.29) is 12.8 Å². The van der Waals surface area contributed by atoms with Crippen molar-refractivity contribution in [3.8, 4) is 5.75 Å². The SMILES string of the molecule is COc1cccc(N2CCN(C(C(=O)O)c3c[nH]c4ccc(NC(=O)CCC(=O)O)cc34)CC2)c1. The third-order valence-electron chi connectivity index (χ3n) is 6.19. The van der Waals surface area contributed by atoms with E-state index in [4.69, 9.17) is 9.84 Å². The summed E-state index contributed by atoms with van der Waals surface area (Å²) in [5, 5.41) is 22.3. The van der Waals surface area contributed by atoms with Crippen LogP contribution in [0.3, 0.4) is 0 Å². The van der Waals surface area contributed by atoms with Crippen LogP contribution in [0.2, 0.25) is 0 Å². The van der Waals surface area contributed by atoms with Gasteiger partial charge in [0.05, 0.1) is 13.5 Å². The van der Waals surface area contributed by atoms with E-state index in [0.717, 1.165) is 17.0 Å². The highest BCUT2D eigenvalue weighted by Gasteiger charge is 2.32. The van der Waals surface area contributed by atoms with Crippen molar-refractivity contribution in [3.63, 3.8) is 0 Å². The average Bonchev–Trinajstić information content (AvgIpc) is 3.26. The number of ether oxygens (including phenoxy) is 1. The molecule has 3 aromatic rings. The van der Waals surface area contributed by atoms with Gasteiger partial charge >= 0.3 is 11.9 Å². The molecule has 10 nitrogen and oxygen atoms in total. The van der Waals surface area contributed by atoms with Gasteiger partial charge in [0.1, 0.15) is 11.8 Å². The van der Waals surface area contributed by atoms with Gasteiger partial charge in [-0.3, -0.25) is 19.3 Å². The first-order valence-electron chi connectivity index (χ1n) is 11.3. The third-order valence-corrected chi connectivity index (χ3v) is 6.19. The molecular weight excluding hydrogens is 452 g/mol. The van der Waals surface area contributed by atoms with Crippen molar-refractivity contribution >= 4 is 40.1 Å². The number of piperazine rings is 1. The van der Waals surface area contributed by atoms with E-state index in [1.807, 2.05) is 29.2 Å². The summed E-state index contributed by atoms with van der Waals surface area (Å²) >= 11 is 0. The van der Waals surface area contributed by atoms with Crippen molar-refractivity contribution in [2.75, 3.05) is 43.5 Å². The van der Waals surface area contributed by atoms with Crippen LogP contribution >= 0.6 is 0 Å². The van der Waals surface area contributed by atoms with Gasteiger partial charge in [-0.1, -0.05) is 6.07 Å². The highest BCUT2D eigenvalue weighted by Crippen LogP contribution is 2.32. The topological polar surface area (TPSA) is 135 Å². The molecule has 4 N–H and O–H groups in total. The van der Waals surface area contributed by atoms with Crippen LogP contribution in [-0.2, 0) is 14.4 Å². The van der Waals surface area contributed by atoms with Gasteiger partial charge in [0.25, 0.3) is 0 Å². The van der Waals surface area contributed by atoms with Gasteiger partial charge < -0.3 is 30.2 Å². The Balaban J connectivity index is 1.51. The molecule has 184 valence electrons. The number of aromatic amines is 1. The molecule has 1 aliphatic heterocycles. The molecule has 0 aliphatic carbocycles. The fourth-order valence-electron chi connectivity index (χ4n) is 4.42. The molecule has 0 spiro atoms. The zero-order valence-electron chi connectivity index (χ0n) is 19.4. The van der Waals surface area contributed by atoms with Crippen molar-refractivity contribution in [1.29, 1.82) is 0 Å². The van der Waals surface area contributed by atoms with Gasteiger partial charge in [-0.05, 0) is 30.3 Å². The molecule has 1 fully saturated rings. The number of carboxylic acid groups (broad SMARTS) is 2. The first-order chi connectivity index (χ1) is 16.9. The predicted octanol–water partition coefficient (Wildman–Crippen LogP) is 2.93. The maximum absolute atomic E-state index is 12.4. The summed E-state index contributed by atoms with van der Waals surface area (Å²) in [4.78, 5) is 42.4. The number of H-pyrrole nitrogens is 1. The van der Waals surface area contributed by atoms with Gasteiger partial charge in [0, 0.05) is 72.7 Å². The molecular formula is C25H28N4O6.